The second-order valence-electron chi connectivity index (χ2n) is 4.50. The van der Waals surface area contributed by atoms with Crippen LogP contribution in [-0.2, 0) is 4.79 Å². The van der Waals surface area contributed by atoms with E-state index in [9.17, 15) is 4.79 Å². The number of aromatic nitrogens is 2. The Bertz CT molecular complexity index is 405. The molecule has 1 aromatic rings. The Morgan fingerprint density at radius 2 is 2.05 bits per heavy atom. The minimum Gasteiger partial charge on any atom is -0.406 e. The first-order valence-corrected chi connectivity index (χ1v) is 6.51. The first-order chi connectivity index (χ1) is 8.99. The van der Waals surface area contributed by atoms with Crippen molar-refractivity contribution in [1.82, 2.24) is 20.4 Å². The Morgan fingerprint density at radius 3 is 2.58 bits per heavy atom. The molecule has 1 N–H and O–H groups in total. The van der Waals surface area contributed by atoms with Crippen molar-refractivity contribution in [3.63, 3.8) is 0 Å². The summed E-state index contributed by atoms with van der Waals surface area (Å²) in [6.07, 6.45) is 0. The molecule has 0 saturated heterocycles. The van der Waals surface area contributed by atoms with Gasteiger partial charge in [-0.1, -0.05) is 12.0 Å². The quantitative estimate of drug-likeness (QED) is 0.783. The average Bonchev–Trinajstić information content (AvgIpc) is 2.85. The van der Waals surface area contributed by atoms with Crippen LogP contribution in [0.15, 0.2) is 4.42 Å². The lowest BCUT2D eigenvalue weighted by atomic mass is 10.3. The molecule has 1 unspecified atom stereocenters. The number of hydrogen-bond donors (Lipinski definition) is 1. The van der Waals surface area contributed by atoms with Gasteiger partial charge in [-0.2, -0.15) is 0 Å². The molecule has 7 heteroatoms. The molecule has 0 saturated carbocycles. The lowest BCUT2D eigenvalue weighted by Gasteiger charge is -2.19. The zero-order valence-electron chi connectivity index (χ0n) is 12.3. The van der Waals surface area contributed by atoms with E-state index in [1.807, 2.05) is 20.8 Å². The van der Waals surface area contributed by atoms with E-state index in [0.29, 0.717) is 18.5 Å². The number of rotatable bonds is 7. The van der Waals surface area contributed by atoms with Gasteiger partial charge in [0.2, 0.25) is 11.8 Å². The highest BCUT2D eigenvalue weighted by atomic mass is 16.4. The highest BCUT2D eigenvalue weighted by molar-refractivity contribution is 5.80. The van der Waals surface area contributed by atoms with Gasteiger partial charge < -0.3 is 19.5 Å². The Morgan fingerprint density at radius 1 is 1.37 bits per heavy atom. The van der Waals surface area contributed by atoms with Gasteiger partial charge in [0.1, 0.15) is 6.54 Å². The molecule has 1 atom stereocenters. The molecule has 0 spiro atoms. The summed E-state index contributed by atoms with van der Waals surface area (Å²) in [5, 5.41) is 11.2. The maximum Gasteiger partial charge on any atom is 0.318 e. The molecule has 1 aromatic heterocycles. The van der Waals surface area contributed by atoms with E-state index in [1.165, 1.54) is 0 Å². The van der Waals surface area contributed by atoms with Gasteiger partial charge in [-0.15, -0.1) is 5.10 Å². The van der Waals surface area contributed by atoms with E-state index in [4.69, 9.17) is 4.42 Å². The minimum atomic E-state index is 0.00123. The van der Waals surface area contributed by atoms with Crippen molar-refractivity contribution in [3.8, 4) is 0 Å². The van der Waals surface area contributed by atoms with Gasteiger partial charge >= 0.3 is 6.01 Å². The first kappa shape index (κ1) is 15.4. The topological polar surface area (TPSA) is 74.5 Å². The largest absolute Gasteiger partial charge is 0.406 e. The van der Waals surface area contributed by atoms with Gasteiger partial charge in [0.15, 0.2) is 0 Å². The van der Waals surface area contributed by atoms with Gasteiger partial charge in [0, 0.05) is 20.6 Å². The normalized spacial score (nSPS) is 12.3. The number of nitrogens with one attached hydrogen (secondary N) is 1. The van der Waals surface area contributed by atoms with Crippen molar-refractivity contribution in [3.05, 3.63) is 5.89 Å². The Hall–Kier alpha value is -1.63. The molecule has 108 valence electrons. The Balaban J connectivity index is 2.74. The van der Waals surface area contributed by atoms with Gasteiger partial charge in [-0.3, -0.25) is 4.79 Å². The van der Waals surface area contributed by atoms with Crippen molar-refractivity contribution in [2.75, 3.05) is 38.6 Å². The second kappa shape index (κ2) is 7.08. The number of carbonyl (C=O) groups excluding carboxylic acids is 1. The van der Waals surface area contributed by atoms with E-state index >= 15 is 0 Å². The molecule has 7 nitrogen and oxygen atoms in total. The average molecular weight is 269 g/mol. The van der Waals surface area contributed by atoms with E-state index in [0.717, 1.165) is 6.54 Å². The molecule has 0 aliphatic carbocycles. The molecule has 0 bridgehead atoms. The maximum absolute atomic E-state index is 11.7. The first-order valence-electron chi connectivity index (χ1n) is 6.51. The fraction of sp³-hybridized carbons (Fsp3) is 0.750. The van der Waals surface area contributed by atoms with Crippen LogP contribution in [0.1, 0.15) is 32.7 Å². The summed E-state index contributed by atoms with van der Waals surface area (Å²) in [5.41, 5.74) is 0. The molecular weight excluding hydrogens is 246 g/mol. The third-order valence-corrected chi connectivity index (χ3v) is 2.79. The van der Waals surface area contributed by atoms with Crippen molar-refractivity contribution in [1.29, 1.82) is 0 Å². The third kappa shape index (κ3) is 4.20. The van der Waals surface area contributed by atoms with Gasteiger partial charge in [-0.05, 0) is 20.4 Å². The predicted octanol–water partition coefficient (Wildman–Crippen LogP) is 0.655. The maximum atomic E-state index is 11.7. The van der Waals surface area contributed by atoms with Crippen LogP contribution in [0, 0.1) is 0 Å². The molecule has 0 aromatic carbocycles. The molecule has 0 aliphatic rings. The molecule has 1 heterocycles. The van der Waals surface area contributed by atoms with Crippen LogP contribution in [0.3, 0.4) is 0 Å². The lowest BCUT2D eigenvalue weighted by Crippen LogP contribution is -2.36. The SMILES string of the molecule is CCNC(C)c1nnc(N(CC)CC(=O)N(C)C)o1. The van der Waals surface area contributed by atoms with Crippen LogP contribution in [0.5, 0.6) is 0 Å². The Kier molecular flexibility index (Phi) is 5.75. The number of hydrogen-bond acceptors (Lipinski definition) is 6. The van der Waals surface area contributed by atoms with Crippen LogP contribution < -0.4 is 10.2 Å². The van der Waals surface area contributed by atoms with Crippen molar-refractivity contribution in [2.45, 2.75) is 26.8 Å². The van der Waals surface area contributed by atoms with Crippen LogP contribution in [0.25, 0.3) is 0 Å². The zero-order chi connectivity index (χ0) is 14.4. The molecule has 0 aliphatic heterocycles. The number of carbonyl (C=O) groups is 1. The lowest BCUT2D eigenvalue weighted by molar-refractivity contribution is -0.127. The highest BCUT2D eigenvalue weighted by Crippen LogP contribution is 2.16. The summed E-state index contributed by atoms with van der Waals surface area (Å²) < 4.78 is 5.60. The zero-order valence-corrected chi connectivity index (χ0v) is 12.3. The molecule has 1 rings (SSSR count). The van der Waals surface area contributed by atoms with Crippen LogP contribution in [0.2, 0.25) is 0 Å². The van der Waals surface area contributed by atoms with Crippen molar-refractivity contribution in [2.24, 2.45) is 0 Å². The van der Waals surface area contributed by atoms with Crippen molar-refractivity contribution < 1.29 is 9.21 Å². The number of amides is 1. The highest BCUT2D eigenvalue weighted by Gasteiger charge is 2.19. The molecule has 0 radical (unpaired) electrons. The Labute approximate surface area is 114 Å². The standard InChI is InChI=1S/C12H23N5O2/c1-6-13-9(3)11-14-15-12(19-11)17(7-2)8-10(18)16(4)5/h9,13H,6-8H2,1-5H3. The fourth-order valence-corrected chi connectivity index (χ4v) is 1.54. The molecule has 0 fully saturated rings. The van der Waals surface area contributed by atoms with E-state index in [2.05, 4.69) is 15.5 Å². The smallest absolute Gasteiger partial charge is 0.318 e. The van der Waals surface area contributed by atoms with E-state index in [1.54, 1.807) is 23.9 Å². The molecule has 1 amide bonds. The van der Waals surface area contributed by atoms with E-state index in [-0.39, 0.29) is 18.5 Å². The van der Waals surface area contributed by atoms with Crippen LogP contribution in [0.4, 0.5) is 6.01 Å². The number of likely N-dealkylation sites (N-methyl/N-ethyl adjacent to an activating group) is 2. The predicted molar refractivity (Wildman–Crippen MR) is 73.0 cm³/mol. The van der Waals surface area contributed by atoms with Gasteiger partial charge in [0.05, 0.1) is 6.04 Å². The summed E-state index contributed by atoms with van der Waals surface area (Å²) in [6.45, 7) is 7.62. The summed E-state index contributed by atoms with van der Waals surface area (Å²) >= 11 is 0. The van der Waals surface area contributed by atoms with Crippen LogP contribution in [-0.4, -0.2) is 54.7 Å². The minimum absolute atomic E-state index is 0.00123. The number of anilines is 1. The summed E-state index contributed by atoms with van der Waals surface area (Å²) in [4.78, 5) is 15.0. The molecular formula is C12H23N5O2. The summed E-state index contributed by atoms with van der Waals surface area (Å²) in [5.74, 6) is 0.536. The fourth-order valence-electron chi connectivity index (χ4n) is 1.54. The van der Waals surface area contributed by atoms with Gasteiger partial charge in [0.25, 0.3) is 0 Å². The van der Waals surface area contributed by atoms with E-state index < -0.39 is 0 Å². The van der Waals surface area contributed by atoms with Crippen LogP contribution >= 0.6 is 0 Å². The molecule has 19 heavy (non-hydrogen) atoms. The third-order valence-electron chi connectivity index (χ3n) is 2.79. The summed E-state index contributed by atoms with van der Waals surface area (Å²) in [6, 6.07) is 0.395. The monoisotopic (exact) mass is 269 g/mol. The summed E-state index contributed by atoms with van der Waals surface area (Å²) in [7, 11) is 3.45. The number of nitrogens with zero attached hydrogens (tertiary/aromatic N) is 4. The van der Waals surface area contributed by atoms with Gasteiger partial charge in [-0.25, -0.2) is 0 Å². The second-order valence-corrected chi connectivity index (χ2v) is 4.50. The van der Waals surface area contributed by atoms with Crippen molar-refractivity contribution >= 4 is 11.9 Å².